The lowest BCUT2D eigenvalue weighted by Crippen LogP contribution is -2.12. The van der Waals surface area contributed by atoms with Gasteiger partial charge in [-0.1, -0.05) is 52.6 Å². The van der Waals surface area contributed by atoms with Gasteiger partial charge < -0.3 is 4.42 Å². The Bertz CT molecular complexity index is 821. The Morgan fingerprint density at radius 1 is 1.04 bits per heavy atom. The van der Waals surface area contributed by atoms with E-state index in [-0.39, 0.29) is 11.9 Å². The smallest absolute Gasteiger partial charge is 0.322 e. The van der Waals surface area contributed by atoms with Crippen molar-refractivity contribution in [3.8, 4) is 11.5 Å². The van der Waals surface area contributed by atoms with E-state index in [2.05, 4.69) is 21.6 Å². The third kappa shape index (κ3) is 4.07. The molecule has 3 rings (SSSR count). The van der Waals surface area contributed by atoms with Gasteiger partial charge >= 0.3 is 6.01 Å². The molecule has 0 bridgehead atoms. The molecule has 0 saturated carbocycles. The molecule has 1 N–H and O–H groups in total. The first-order valence-corrected chi connectivity index (χ1v) is 7.86. The molecular formula is C19H19N3O2. The van der Waals surface area contributed by atoms with Crippen LogP contribution in [0.15, 0.2) is 52.9 Å². The van der Waals surface area contributed by atoms with Gasteiger partial charge in [0.05, 0.1) is 0 Å². The molecule has 0 aliphatic rings. The Balaban J connectivity index is 1.62. The summed E-state index contributed by atoms with van der Waals surface area (Å²) in [5.41, 5.74) is 4.21. The van der Waals surface area contributed by atoms with Crippen LogP contribution in [0, 0.1) is 13.8 Å². The maximum Gasteiger partial charge on any atom is 0.322 e. The van der Waals surface area contributed by atoms with E-state index >= 15 is 0 Å². The van der Waals surface area contributed by atoms with Crippen LogP contribution in [0.1, 0.15) is 23.1 Å². The van der Waals surface area contributed by atoms with Crippen molar-refractivity contribution in [1.82, 2.24) is 10.2 Å². The number of nitrogens with zero attached hydrogens (tertiary/aromatic N) is 2. The number of anilines is 1. The molecule has 2 aromatic carbocycles. The van der Waals surface area contributed by atoms with E-state index in [0.29, 0.717) is 18.7 Å². The molecule has 0 atom stereocenters. The zero-order valence-corrected chi connectivity index (χ0v) is 13.7. The second kappa shape index (κ2) is 7.08. The van der Waals surface area contributed by atoms with E-state index in [1.165, 1.54) is 0 Å². The Kier molecular flexibility index (Phi) is 4.70. The Morgan fingerprint density at radius 3 is 2.46 bits per heavy atom. The zero-order chi connectivity index (χ0) is 16.9. The van der Waals surface area contributed by atoms with Crippen LogP contribution in [0.2, 0.25) is 0 Å². The molecule has 1 aromatic heterocycles. The first-order chi connectivity index (χ1) is 11.6. The van der Waals surface area contributed by atoms with Gasteiger partial charge in [-0.15, -0.1) is 5.10 Å². The summed E-state index contributed by atoms with van der Waals surface area (Å²) < 4.78 is 5.55. The minimum atomic E-state index is -0.144. The number of hydrogen-bond acceptors (Lipinski definition) is 4. The third-order valence-electron chi connectivity index (χ3n) is 3.62. The van der Waals surface area contributed by atoms with Crippen LogP contribution >= 0.6 is 0 Å². The van der Waals surface area contributed by atoms with Crippen LogP contribution in [0.5, 0.6) is 0 Å². The fourth-order valence-electron chi connectivity index (χ4n) is 2.57. The Labute approximate surface area is 140 Å². The summed E-state index contributed by atoms with van der Waals surface area (Å²) in [6.07, 6.45) is 1.04. The van der Waals surface area contributed by atoms with Crippen molar-refractivity contribution in [3.63, 3.8) is 0 Å². The molecular weight excluding hydrogens is 302 g/mol. The second-order valence-electron chi connectivity index (χ2n) is 5.82. The number of aryl methyl sites for hydroxylation is 3. The van der Waals surface area contributed by atoms with Crippen molar-refractivity contribution in [2.24, 2.45) is 0 Å². The van der Waals surface area contributed by atoms with Crippen molar-refractivity contribution in [2.75, 3.05) is 5.32 Å². The van der Waals surface area contributed by atoms with Gasteiger partial charge in [-0.05, 0) is 38.0 Å². The standard InChI is InChI=1S/C19H19N3O2/c1-13-10-14(2)12-16(11-13)18-21-22-19(24-18)20-17(23)9-8-15-6-4-3-5-7-15/h3-7,10-12H,8-9H2,1-2H3,(H,20,22,23). The van der Waals surface area contributed by atoms with Crippen LogP contribution < -0.4 is 5.32 Å². The summed E-state index contributed by atoms with van der Waals surface area (Å²) in [7, 11) is 0. The fraction of sp³-hybridized carbons (Fsp3) is 0.211. The molecule has 122 valence electrons. The predicted molar refractivity (Wildman–Crippen MR) is 92.6 cm³/mol. The van der Waals surface area contributed by atoms with Gasteiger partial charge in [0.15, 0.2) is 0 Å². The summed E-state index contributed by atoms with van der Waals surface area (Å²) in [6, 6.07) is 16.0. The van der Waals surface area contributed by atoms with Crippen LogP contribution in [-0.4, -0.2) is 16.1 Å². The lowest BCUT2D eigenvalue weighted by atomic mass is 10.1. The SMILES string of the molecule is Cc1cc(C)cc(-c2nnc(NC(=O)CCc3ccccc3)o2)c1. The number of carbonyl (C=O) groups is 1. The predicted octanol–water partition coefficient (Wildman–Crippen LogP) is 3.92. The summed E-state index contributed by atoms with van der Waals surface area (Å²) in [4.78, 5) is 12.0. The highest BCUT2D eigenvalue weighted by Crippen LogP contribution is 2.22. The molecule has 24 heavy (non-hydrogen) atoms. The van der Waals surface area contributed by atoms with Crippen molar-refractivity contribution in [1.29, 1.82) is 0 Å². The number of rotatable bonds is 5. The van der Waals surface area contributed by atoms with Crippen LogP contribution in [0.3, 0.4) is 0 Å². The summed E-state index contributed by atoms with van der Waals surface area (Å²) >= 11 is 0. The summed E-state index contributed by atoms with van der Waals surface area (Å²) in [5.74, 6) is 0.259. The molecule has 5 nitrogen and oxygen atoms in total. The molecule has 0 radical (unpaired) electrons. The monoisotopic (exact) mass is 321 g/mol. The average Bonchev–Trinajstić information content (AvgIpc) is 3.01. The first-order valence-electron chi connectivity index (χ1n) is 7.86. The van der Waals surface area contributed by atoms with Crippen molar-refractivity contribution < 1.29 is 9.21 Å². The van der Waals surface area contributed by atoms with Gasteiger partial charge in [-0.3, -0.25) is 10.1 Å². The highest BCUT2D eigenvalue weighted by molar-refractivity contribution is 5.88. The van der Waals surface area contributed by atoms with Crippen LogP contribution in [0.25, 0.3) is 11.5 Å². The number of hydrogen-bond donors (Lipinski definition) is 1. The number of amides is 1. The van der Waals surface area contributed by atoms with Gasteiger partial charge in [-0.25, -0.2) is 0 Å². The maximum atomic E-state index is 12.0. The lowest BCUT2D eigenvalue weighted by molar-refractivity contribution is -0.116. The fourth-order valence-corrected chi connectivity index (χ4v) is 2.57. The second-order valence-corrected chi connectivity index (χ2v) is 5.82. The summed E-state index contributed by atoms with van der Waals surface area (Å²) in [6.45, 7) is 4.03. The average molecular weight is 321 g/mol. The van der Waals surface area contributed by atoms with Crippen molar-refractivity contribution >= 4 is 11.9 Å². The number of benzene rings is 2. The molecule has 1 heterocycles. The molecule has 3 aromatic rings. The van der Waals surface area contributed by atoms with E-state index in [4.69, 9.17) is 4.42 Å². The normalized spacial score (nSPS) is 10.6. The lowest BCUT2D eigenvalue weighted by Gasteiger charge is -2.02. The molecule has 0 aliphatic heterocycles. The molecule has 0 aliphatic carbocycles. The van der Waals surface area contributed by atoms with Gasteiger partial charge in [0.1, 0.15) is 0 Å². The largest absolute Gasteiger partial charge is 0.403 e. The molecule has 0 spiro atoms. The van der Waals surface area contributed by atoms with Gasteiger partial charge in [-0.2, -0.15) is 0 Å². The van der Waals surface area contributed by atoms with Crippen LogP contribution in [-0.2, 0) is 11.2 Å². The van der Waals surface area contributed by atoms with Gasteiger partial charge in [0.25, 0.3) is 0 Å². The summed E-state index contributed by atoms with van der Waals surface area (Å²) in [5, 5.41) is 10.6. The third-order valence-corrected chi connectivity index (χ3v) is 3.62. The van der Waals surface area contributed by atoms with E-state index in [1.807, 2.05) is 56.3 Å². The van der Waals surface area contributed by atoms with Crippen molar-refractivity contribution in [3.05, 3.63) is 65.2 Å². The minimum absolute atomic E-state index is 0.127. The van der Waals surface area contributed by atoms with Gasteiger partial charge in [0.2, 0.25) is 11.8 Å². The number of nitrogens with one attached hydrogen (secondary N) is 1. The number of aromatic nitrogens is 2. The van der Waals surface area contributed by atoms with E-state index < -0.39 is 0 Å². The quantitative estimate of drug-likeness (QED) is 0.773. The van der Waals surface area contributed by atoms with Crippen molar-refractivity contribution in [2.45, 2.75) is 26.7 Å². The Morgan fingerprint density at radius 2 is 1.75 bits per heavy atom. The number of carbonyl (C=O) groups excluding carboxylic acids is 1. The molecule has 0 unspecified atom stereocenters. The van der Waals surface area contributed by atoms with Crippen LogP contribution in [0.4, 0.5) is 6.01 Å². The Hall–Kier alpha value is -2.95. The van der Waals surface area contributed by atoms with E-state index in [1.54, 1.807) is 0 Å². The topological polar surface area (TPSA) is 68.0 Å². The highest BCUT2D eigenvalue weighted by Gasteiger charge is 2.12. The molecule has 1 amide bonds. The molecule has 0 saturated heterocycles. The zero-order valence-electron chi connectivity index (χ0n) is 13.7. The van der Waals surface area contributed by atoms with Gasteiger partial charge in [0, 0.05) is 12.0 Å². The minimum Gasteiger partial charge on any atom is -0.403 e. The molecule has 5 heteroatoms. The molecule has 0 fully saturated rings. The first kappa shape index (κ1) is 15.9. The highest BCUT2D eigenvalue weighted by atomic mass is 16.4. The maximum absolute atomic E-state index is 12.0. The van der Waals surface area contributed by atoms with E-state index in [0.717, 1.165) is 22.3 Å². The van der Waals surface area contributed by atoms with E-state index in [9.17, 15) is 4.79 Å².